The first-order chi connectivity index (χ1) is 8.56. The highest BCUT2D eigenvalue weighted by atomic mass is 16.5. The molecule has 18 heavy (non-hydrogen) atoms. The number of hydrogen-bond donors (Lipinski definition) is 3. The summed E-state index contributed by atoms with van der Waals surface area (Å²) in [5, 5.41) is 2.80. The lowest BCUT2D eigenvalue weighted by Gasteiger charge is -2.13. The van der Waals surface area contributed by atoms with Crippen molar-refractivity contribution >= 4 is 11.7 Å². The number of nitrogens with zero attached hydrogens (tertiary/aromatic N) is 1. The van der Waals surface area contributed by atoms with E-state index in [0.29, 0.717) is 24.5 Å². The van der Waals surface area contributed by atoms with Gasteiger partial charge in [0.2, 0.25) is 0 Å². The first-order valence-electron chi connectivity index (χ1n) is 5.92. The number of nitrogens with one attached hydrogen (secondary N) is 2. The molecule has 1 rings (SSSR count). The molecule has 1 atom stereocenters. The molecule has 0 aromatic carbocycles. The number of carbonyl (C=O) groups is 1. The van der Waals surface area contributed by atoms with Crippen LogP contribution in [0.1, 0.15) is 29.9 Å². The second kappa shape index (κ2) is 6.93. The van der Waals surface area contributed by atoms with Crippen LogP contribution in [0.4, 0.5) is 5.82 Å². The average molecular weight is 252 g/mol. The Morgan fingerprint density at radius 2 is 2.28 bits per heavy atom. The van der Waals surface area contributed by atoms with Crippen molar-refractivity contribution in [2.24, 2.45) is 5.84 Å². The molecule has 0 fully saturated rings. The van der Waals surface area contributed by atoms with Crippen LogP contribution in [0.15, 0.2) is 12.1 Å². The summed E-state index contributed by atoms with van der Waals surface area (Å²) in [6, 6.07) is 3.31. The Morgan fingerprint density at radius 3 is 2.89 bits per heavy atom. The summed E-state index contributed by atoms with van der Waals surface area (Å²) < 4.78 is 5.34. The minimum absolute atomic E-state index is 0.00557. The van der Waals surface area contributed by atoms with Crippen molar-refractivity contribution in [3.05, 3.63) is 23.4 Å². The van der Waals surface area contributed by atoms with Gasteiger partial charge in [-0.2, -0.15) is 0 Å². The predicted octanol–water partition coefficient (Wildman–Crippen LogP) is 0.830. The highest BCUT2D eigenvalue weighted by molar-refractivity contribution is 5.95. The molecule has 0 radical (unpaired) electrons. The van der Waals surface area contributed by atoms with Crippen LogP contribution in [0.3, 0.4) is 0 Å². The Bertz CT molecular complexity index is 409. The molecule has 1 amide bonds. The summed E-state index contributed by atoms with van der Waals surface area (Å²) in [5.41, 5.74) is 3.69. The van der Waals surface area contributed by atoms with E-state index in [1.54, 1.807) is 19.1 Å². The number of hydrazine groups is 1. The smallest absolute Gasteiger partial charge is 0.251 e. The number of nitrogens with two attached hydrogens (primary N) is 1. The van der Waals surface area contributed by atoms with Crippen molar-refractivity contribution in [2.45, 2.75) is 26.9 Å². The third-order valence-electron chi connectivity index (χ3n) is 2.36. The molecule has 0 aliphatic rings. The molecule has 6 heteroatoms. The number of pyridine rings is 1. The number of anilines is 1. The standard InChI is InChI=1S/C12H20N4O2/c1-4-18-9(3)7-14-12(17)10-5-8(2)15-11(6-10)16-13/h5-6,9H,4,7,13H2,1-3H3,(H,14,17)(H,15,16). The molecule has 0 aliphatic heterocycles. The summed E-state index contributed by atoms with van der Waals surface area (Å²) in [6.07, 6.45) is -0.00557. The fourth-order valence-corrected chi connectivity index (χ4v) is 1.56. The first-order valence-corrected chi connectivity index (χ1v) is 5.92. The molecule has 1 aromatic heterocycles. The second-order valence-electron chi connectivity index (χ2n) is 4.00. The fraction of sp³-hybridized carbons (Fsp3) is 0.500. The Balaban J connectivity index is 2.63. The van der Waals surface area contributed by atoms with E-state index in [4.69, 9.17) is 10.6 Å². The summed E-state index contributed by atoms with van der Waals surface area (Å²) in [5.74, 6) is 5.59. The molecule has 1 aromatic rings. The van der Waals surface area contributed by atoms with E-state index in [-0.39, 0.29) is 12.0 Å². The van der Waals surface area contributed by atoms with Crippen LogP contribution < -0.4 is 16.6 Å². The van der Waals surface area contributed by atoms with E-state index in [2.05, 4.69) is 15.7 Å². The van der Waals surface area contributed by atoms with Gasteiger partial charge in [0.25, 0.3) is 5.91 Å². The monoisotopic (exact) mass is 252 g/mol. The Labute approximate surface area is 107 Å². The van der Waals surface area contributed by atoms with Gasteiger partial charge in [-0.1, -0.05) is 0 Å². The molecular formula is C12H20N4O2. The van der Waals surface area contributed by atoms with Crippen LogP contribution >= 0.6 is 0 Å². The van der Waals surface area contributed by atoms with Gasteiger partial charge in [0.15, 0.2) is 0 Å². The van der Waals surface area contributed by atoms with Crippen LogP contribution in [0.5, 0.6) is 0 Å². The van der Waals surface area contributed by atoms with Crippen LogP contribution in [-0.4, -0.2) is 30.1 Å². The molecule has 6 nitrogen and oxygen atoms in total. The van der Waals surface area contributed by atoms with Gasteiger partial charge in [0, 0.05) is 24.4 Å². The average Bonchev–Trinajstić information content (AvgIpc) is 2.35. The van der Waals surface area contributed by atoms with Gasteiger partial charge in [-0.3, -0.25) is 4.79 Å². The van der Waals surface area contributed by atoms with Gasteiger partial charge in [0.05, 0.1) is 6.10 Å². The maximum absolute atomic E-state index is 11.9. The second-order valence-corrected chi connectivity index (χ2v) is 4.00. The largest absolute Gasteiger partial charge is 0.377 e. The maximum atomic E-state index is 11.9. The van der Waals surface area contributed by atoms with Crippen molar-refractivity contribution in [3.63, 3.8) is 0 Å². The summed E-state index contributed by atoms with van der Waals surface area (Å²) in [6.45, 7) is 6.74. The molecule has 0 spiro atoms. The number of ether oxygens (including phenoxy) is 1. The minimum Gasteiger partial charge on any atom is -0.377 e. The lowest BCUT2D eigenvalue weighted by molar-refractivity contribution is 0.0695. The minimum atomic E-state index is -0.163. The molecule has 0 saturated carbocycles. The highest BCUT2D eigenvalue weighted by Crippen LogP contribution is 2.08. The van der Waals surface area contributed by atoms with E-state index in [1.165, 1.54) is 0 Å². The van der Waals surface area contributed by atoms with E-state index in [1.807, 2.05) is 13.8 Å². The summed E-state index contributed by atoms with van der Waals surface area (Å²) in [4.78, 5) is 16.0. The Morgan fingerprint density at radius 1 is 1.56 bits per heavy atom. The number of aryl methyl sites for hydroxylation is 1. The number of nitrogen functional groups attached to an aromatic ring is 1. The van der Waals surface area contributed by atoms with Gasteiger partial charge >= 0.3 is 0 Å². The van der Waals surface area contributed by atoms with E-state index >= 15 is 0 Å². The zero-order valence-electron chi connectivity index (χ0n) is 11.0. The molecule has 1 unspecified atom stereocenters. The van der Waals surface area contributed by atoms with Crippen molar-refractivity contribution in [1.29, 1.82) is 0 Å². The number of amides is 1. The number of hydrogen-bond acceptors (Lipinski definition) is 5. The topological polar surface area (TPSA) is 89.3 Å². The van der Waals surface area contributed by atoms with E-state index < -0.39 is 0 Å². The highest BCUT2D eigenvalue weighted by Gasteiger charge is 2.09. The molecule has 0 aliphatic carbocycles. The molecule has 100 valence electrons. The van der Waals surface area contributed by atoms with Crippen LogP contribution in [0, 0.1) is 6.92 Å². The lowest BCUT2D eigenvalue weighted by Crippen LogP contribution is -2.32. The van der Waals surface area contributed by atoms with Crippen LogP contribution in [-0.2, 0) is 4.74 Å². The van der Waals surface area contributed by atoms with Crippen molar-refractivity contribution in [2.75, 3.05) is 18.6 Å². The van der Waals surface area contributed by atoms with Gasteiger partial charge in [-0.15, -0.1) is 0 Å². The number of carbonyl (C=O) groups excluding carboxylic acids is 1. The maximum Gasteiger partial charge on any atom is 0.251 e. The van der Waals surface area contributed by atoms with Gasteiger partial charge in [-0.25, -0.2) is 10.8 Å². The Hall–Kier alpha value is -1.66. The van der Waals surface area contributed by atoms with Gasteiger partial charge < -0.3 is 15.5 Å². The molecular weight excluding hydrogens is 232 g/mol. The molecule has 0 bridgehead atoms. The first kappa shape index (κ1) is 14.4. The van der Waals surface area contributed by atoms with Crippen LogP contribution in [0.25, 0.3) is 0 Å². The van der Waals surface area contributed by atoms with Crippen molar-refractivity contribution in [1.82, 2.24) is 10.3 Å². The SMILES string of the molecule is CCOC(C)CNC(=O)c1cc(C)nc(NN)c1. The molecule has 0 saturated heterocycles. The number of rotatable bonds is 6. The van der Waals surface area contributed by atoms with E-state index in [0.717, 1.165) is 5.69 Å². The normalized spacial score (nSPS) is 12.0. The molecule has 1 heterocycles. The number of aromatic nitrogens is 1. The fourth-order valence-electron chi connectivity index (χ4n) is 1.56. The third-order valence-corrected chi connectivity index (χ3v) is 2.36. The quantitative estimate of drug-likeness (QED) is 0.515. The lowest BCUT2D eigenvalue weighted by atomic mass is 10.2. The Kier molecular flexibility index (Phi) is 5.54. The third kappa shape index (κ3) is 4.31. The van der Waals surface area contributed by atoms with Gasteiger partial charge in [0.1, 0.15) is 5.82 Å². The zero-order valence-corrected chi connectivity index (χ0v) is 11.0. The summed E-state index contributed by atoms with van der Waals surface area (Å²) in [7, 11) is 0. The van der Waals surface area contributed by atoms with Crippen LogP contribution in [0.2, 0.25) is 0 Å². The van der Waals surface area contributed by atoms with Gasteiger partial charge in [-0.05, 0) is 32.9 Å². The molecule has 4 N–H and O–H groups in total. The zero-order chi connectivity index (χ0) is 13.5. The van der Waals surface area contributed by atoms with Crippen molar-refractivity contribution in [3.8, 4) is 0 Å². The van der Waals surface area contributed by atoms with E-state index in [9.17, 15) is 4.79 Å². The predicted molar refractivity (Wildman–Crippen MR) is 70.2 cm³/mol. The summed E-state index contributed by atoms with van der Waals surface area (Å²) >= 11 is 0. The van der Waals surface area contributed by atoms with Crippen molar-refractivity contribution < 1.29 is 9.53 Å².